The SMILES string of the molecule is Br[C@H]1C(c2ccccc2)NOC12CCCCO2. The lowest BCUT2D eigenvalue weighted by molar-refractivity contribution is -0.248. The maximum Gasteiger partial charge on any atom is 0.202 e. The highest BCUT2D eigenvalue weighted by atomic mass is 79.9. The summed E-state index contributed by atoms with van der Waals surface area (Å²) in [6, 6.07) is 10.5. The van der Waals surface area contributed by atoms with E-state index in [-0.39, 0.29) is 10.9 Å². The third-order valence-electron chi connectivity index (χ3n) is 3.50. The lowest BCUT2D eigenvalue weighted by Gasteiger charge is -2.34. The van der Waals surface area contributed by atoms with Crippen molar-refractivity contribution in [2.24, 2.45) is 0 Å². The number of alkyl halides is 1. The fourth-order valence-corrected chi connectivity index (χ4v) is 3.39. The number of nitrogens with one attached hydrogen (secondary N) is 1. The third-order valence-corrected chi connectivity index (χ3v) is 4.72. The average Bonchev–Trinajstić information content (AvgIpc) is 2.70. The highest BCUT2D eigenvalue weighted by molar-refractivity contribution is 9.09. The molecule has 2 fully saturated rings. The molecule has 0 radical (unpaired) electrons. The maximum atomic E-state index is 5.86. The maximum absolute atomic E-state index is 5.86. The van der Waals surface area contributed by atoms with Gasteiger partial charge in [-0.3, -0.25) is 4.84 Å². The van der Waals surface area contributed by atoms with Crippen LogP contribution in [0.2, 0.25) is 0 Å². The predicted molar refractivity (Wildman–Crippen MR) is 68.7 cm³/mol. The van der Waals surface area contributed by atoms with Crippen LogP contribution in [0, 0.1) is 0 Å². The standard InChI is InChI=1S/C13H16BrNO2/c14-12-11(10-6-2-1-3-7-10)15-17-13(12)8-4-5-9-16-13/h1-3,6-7,11-12,15H,4-5,8-9H2/t11?,12-,13?/m0/s1. The summed E-state index contributed by atoms with van der Waals surface area (Å²) in [6.07, 6.45) is 3.23. The molecular formula is C13H16BrNO2. The summed E-state index contributed by atoms with van der Waals surface area (Å²) >= 11 is 3.75. The van der Waals surface area contributed by atoms with Gasteiger partial charge in [0.2, 0.25) is 5.79 Å². The van der Waals surface area contributed by atoms with Gasteiger partial charge in [-0.25, -0.2) is 0 Å². The van der Waals surface area contributed by atoms with Gasteiger partial charge >= 0.3 is 0 Å². The molecule has 0 bridgehead atoms. The van der Waals surface area contributed by atoms with Gasteiger partial charge in [-0.05, 0) is 18.4 Å². The zero-order chi connectivity index (χ0) is 11.7. The van der Waals surface area contributed by atoms with E-state index in [0.29, 0.717) is 0 Å². The van der Waals surface area contributed by atoms with Crippen molar-refractivity contribution in [2.45, 2.75) is 35.9 Å². The molecule has 2 saturated heterocycles. The number of hydrogen-bond acceptors (Lipinski definition) is 3. The predicted octanol–water partition coefficient (Wildman–Crippen LogP) is 2.92. The molecule has 0 aliphatic carbocycles. The van der Waals surface area contributed by atoms with Gasteiger partial charge in [-0.15, -0.1) is 0 Å². The van der Waals surface area contributed by atoms with Crippen LogP contribution in [0.5, 0.6) is 0 Å². The first kappa shape index (κ1) is 11.7. The van der Waals surface area contributed by atoms with Gasteiger partial charge in [-0.1, -0.05) is 46.3 Å². The molecule has 2 heterocycles. The smallest absolute Gasteiger partial charge is 0.202 e. The van der Waals surface area contributed by atoms with Crippen molar-refractivity contribution in [3.05, 3.63) is 35.9 Å². The van der Waals surface area contributed by atoms with Crippen molar-refractivity contribution in [1.82, 2.24) is 5.48 Å². The van der Waals surface area contributed by atoms with Crippen LogP contribution in [0.4, 0.5) is 0 Å². The number of rotatable bonds is 1. The highest BCUT2D eigenvalue weighted by Gasteiger charge is 2.51. The highest BCUT2D eigenvalue weighted by Crippen LogP contribution is 2.43. The normalized spacial score (nSPS) is 37.5. The molecule has 3 atom stereocenters. The van der Waals surface area contributed by atoms with E-state index in [2.05, 4.69) is 33.5 Å². The zero-order valence-corrected chi connectivity index (χ0v) is 11.2. The summed E-state index contributed by atoms with van der Waals surface area (Å²) in [6.45, 7) is 0.783. The first-order valence-corrected chi connectivity index (χ1v) is 7.00. The van der Waals surface area contributed by atoms with Crippen molar-refractivity contribution >= 4 is 15.9 Å². The van der Waals surface area contributed by atoms with Crippen LogP contribution in [-0.4, -0.2) is 17.2 Å². The number of benzene rings is 1. The van der Waals surface area contributed by atoms with Gasteiger partial charge in [-0.2, -0.15) is 5.48 Å². The Bertz CT molecular complexity index is 378. The number of halogens is 1. The van der Waals surface area contributed by atoms with Crippen LogP contribution in [0.25, 0.3) is 0 Å². The first-order valence-electron chi connectivity index (χ1n) is 6.08. The quantitative estimate of drug-likeness (QED) is 0.809. The van der Waals surface area contributed by atoms with E-state index in [0.717, 1.165) is 25.9 Å². The van der Waals surface area contributed by atoms with Crippen molar-refractivity contribution in [3.8, 4) is 0 Å². The van der Waals surface area contributed by atoms with Crippen LogP contribution in [0.15, 0.2) is 30.3 Å². The third kappa shape index (κ3) is 2.03. The summed E-state index contributed by atoms with van der Waals surface area (Å²) in [5.74, 6) is -0.487. The van der Waals surface area contributed by atoms with E-state index >= 15 is 0 Å². The molecule has 2 unspecified atom stereocenters. The molecule has 3 rings (SSSR count). The van der Waals surface area contributed by atoms with Crippen LogP contribution in [-0.2, 0) is 9.57 Å². The monoisotopic (exact) mass is 297 g/mol. The first-order chi connectivity index (χ1) is 8.32. The summed E-state index contributed by atoms with van der Waals surface area (Å²) in [5, 5.41) is 0. The van der Waals surface area contributed by atoms with Crippen molar-refractivity contribution < 1.29 is 9.57 Å². The zero-order valence-electron chi connectivity index (χ0n) is 9.56. The molecule has 1 spiro atoms. The Morgan fingerprint density at radius 2 is 2.06 bits per heavy atom. The largest absolute Gasteiger partial charge is 0.347 e. The summed E-state index contributed by atoms with van der Waals surface area (Å²) < 4.78 is 5.86. The van der Waals surface area contributed by atoms with Crippen LogP contribution in [0.3, 0.4) is 0 Å². The number of hydroxylamine groups is 1. The van der Waals surface area contributed by atoms with Gasteiger partial charge in [0.05, 0.1) is 17.5 Å². The molecule has 0 amide bonds. The molecule has 17 heavy (non-hydrogen) atoms. The van der Waals surface area contributed by atoms with E-state index in [1.807, 2.05) is 18.2 Å². The van der Waals surface area contributed by atoms with E-state index in [1.54, 1.807) is 0 Å². The average molecular weight is 298 g/mol. The topological polar surface area (TPSA) is 30.5 Å². The summed E-state index contributed by atoms with van der Waals surface area (Å²) in [7, 11) is 0. The Morgan fingerprint density at radius 1 is 1.24 bits per heavy atom. The van der Waals surface area contributed by atoms with Crippen molar-refractivity contribution in [1.29, 1.82) is 0 Å². The number of hydrogen-bond donors (Lipinski definition) is 1. The van der Waals surface area contributed by atoms with Gasteiger partial charge in [0, 0.05) is 6.42 Å². The second kappa shape index (κ2) is 4.69. The molecular weight excluding hydrogens is 282 g/mol. The molecule has 1 N–H and O–H groups in total. The van der Waals surface area contributed by atoms with E-state index in [4.69, 9.17) is 9.57 Å². The van der Waals surface area contributed by atoms with Crippen LogP contribution >= 0.6 is 15.9 Å². The Labute approximate surface area is 110 Å². The summed E-state index contributed by atoms with van der Waals surface area (Å²) in [5.41, 5.74) is 4.33. The summed E-state index contributed by atoms with van der Waals surface area (Å²) in [4.78, 5) is 5.89. The molecule has 92 valence electrons. The van der Waals surface area contributed by atoms with Crippen LogP contribution in [0.1, 0.15) is 30.9 Å². The van der Waals surface area contributed by atoms with Crippen LogP contribution < -0.4 is 5.48 Å². The molecule has 0 saturated carbocycles. The van der Waals surface area contributed by atoms with E-state index in [1.165, 1.54) is 5.56 Å². The second-order valence-corrected chi connectivity index (χ2v) is 5.61. The fourth-order valence-electron chi connectivity index (χ4n) is 2.52. The van der Waals surface area contributed by atoms with E-state index < -0.39 is 5.79 Å². The van der Waals surface area contributed by atoms with Gasteiger partial charge in [0.1, 0.15) is 0 Å². The van der Waals surface area contributed by atoms with E-state index in [9.17, 15) is 0 Å². The molecule has 1 aromatic carbocycles. The van der Waals surface area contributed by atoms with Gasteiger partial charge < -0.3 is 4.74 Å². The Balaban J connectivity index is 1.82. The Kier molecular flexibility index (Phi) is 3.21. The minimum absolute atomic E-state index is 0.147. The van der Waals surface area contributed by atoms with Gasteiger partial charge in [0.25, 0.3) is 0 Å². The Morgan fingerprint density at radius 3 is 2.76 bits per heavy atom. The molecule has 4 heteroatoms. The Hall–Kier alpha value is -0.420. The minimum atomic E-state index is -0.487. The fraction of sp³-hybridized carbons (Fsp3) is 0.538. The second-order valence-electron chi connectivity index (χ2n) is 4.63. The molecule has 0 aromatic heterocycles. The van der Waals surface area contributed by atoms with Crippen molar-refractivity contribution in [3.63, 3.8) is 0 Å². The molecule has 3 nitrogen and oxygen atoms in total. The van der Waals surface area contributed by atoms with Gasteiger partial charge in [0.15, 0.2) is 0 Å². The molecule has 2 aliphatic rings. The lowest BCUT2D eigenvalue weighted by Crippen LogP contribution is -2.43. The molecule has 1 aromatic rings. The lowest BCUT2D eigenvalue weighted by atomic mass is 9.95. The minimum Gasteiger partial charge on any atom is -0.347 e. The molecule has 2 aliphatic heterocycles. The van der Waals surface area contributed by atoms with Crippen molar-refractivity contribution in [2.75, 3.05) is 6.61 Å². The number of ether oxygens (including phenoxy) is 1.